The lowest BCUT2D eigenvalue weighted by molar-refractivity contribution is -0.130. The van der Waals surface area contributed by atoms with Crippen molar-refractivity contribution >= 4 is 18.2 Å². The van der Waals surface area contributed by atoms with E-state index in [0.717, 1.165) is 5.01 Å². The van der Waals surface area contributed by atoms with Gasteiger partial charge in [-0.3, -0.25) is 4.79 Å². The maximum Gasteiger partial charge on any atom is 0.346 e. The summed E-state index contributed by atoms with van der Waals surface area (Å²) in [6.07, 6.45) is 1.36. The van der Waals surface area contributed by atoms with Crippen LogP contribution in [-0.2, 0) is 10.3 Å². The second-order valence-corrected chi connectivity index (χ2v) is 6.37. The van der Waals surface area contributed by atoms with Crippen LogP contribution in [0.3, 0.4) is 0 Å². The fourth-order valence-corrected chi connectivity index (χ4v) is 3.29. The van der Waals surface area contributed by atoms with Crippen LogP contribution in [0.15, 0.2) is 90.0 Å². The van der Waals surface area contributed by atoms with Gasteiger partial charge in [-0.05, 0) is 28.8 Å². The topological polar surface area (TPSA) is 82.0 Å². The van der Waals surface area contributed by atoms with Gasteiger partial charge in [-0.15, -0.1) is 5.01 Å². The highest BCUT2D eigenvalue weighted by atomic mass is 16.3. The van der Waals surface area contributed by atoms with E-state index in [-0.39, 0.29) is 5.75 Å². The normalized spacial score (nSPS) is 15.8. The van der Waals surface area contributed by atoms with Crippen molar-refractivity contribution in [2.45, 2.75) is 5.54 Å². The van der Waals surface area contributed by atoms with Gasteiger partial charge >= 0.3 is 6.03 Å². The van der Waals surface area contributed by atoms with Gasteiger partial charge in [0.1, 0.15) is 5.75 Å². The first-order chi connectivity index (χ1) is 13.6. The van der Waals surface area contributed by atoms with E-state index in [1.54, 1.807) is 36.4 Å². The molecule has 0 radical (unpaired) electrons. The standard InChI is InChI=1S/C22H17N3O3/c26-19-13-7-8-16(14-19)15-23-25-20(27)22(24-21(25)28,17-9-3-1-4-10-17)18-11-5-2-6-12-18/h1-15,26H,(H,24,28)/b23-15-. The van der Waals surface area contributed by atoms with Crippen LogP contribution < -0.4 is 5.32 Å². The number of benzene rings is 3. The SMILES string of the molecule is O=C1NC(c2ccccc2)(c2ccccc2)C(=O)N1/N=C\c1cccc(O)c1. The number of hydrazone groups is 1. The molecule has 0 unspecified atom stereocenters. The minimum absolute atomic E-state index is 0.0732. The third-order valence-corrected chi connectivity index (χ3v) is 4.61. The number of phenolic OH excluding ortho intramolecular Hbond substituents is 1. The number of imide groups is 1. The van der Waals surface area contributed by atoms with E-state index in [2.05, 4.69) is 10.4 Å². The second-order valence-electron chi connectivity index (χ2n) is 6.37. The molecule has 0 bridgehead atoms. The van der Waals surface area contributed by atoms with E-state index in [4.69, 9.17) is 0 Å². The molecule has 3 aromatic rings. The van der Waals surface area contributed by atoms with Crippen molar-refractivity contribution in [3.8, 4) is 5.75 Å². The van der Waals surface area contributed by atoms with Crippen molar-refractivity contribution < 1.29 is 14.7 Å². The Morgan fingerprint density at radius 1 is 0.857 bits per heavy atom. The molecule has 0 aliphatic carbocycles. The summed E-state index contributed by atoms with van der Waals surface area (Å²) in [5.74, 6) is -0.421. The molecule has 3 aromatic carbocycles. The minimum Gasteiger partial charge on any atom is -0.508 e. The van der Waals surface area contributed by atoms with Gasteiger partial charge in [0.25, 0.3) is 5.91 Å². The van der Waals surface area contributed by atoms with Crippen LogP contribution in [0.1, 0.15) is 16.7 Å². The van der Waals surface area contributed by atoms with Gasteiger partial charge in [0.15, 0.2) is 5.54 Å². The summed E-state index contributed by atoms with van der Waals surface area (Å²) in [6, 6.07) is 23.9. The minimum atomic E-state index is -1.35. The van der Waals surface area contributed by atoms with Gasteiger partial charge < -0.3 is 10.4 Å². The van der Waals surface area contributed by atoms with Gasteiger partial charge in [-0.2, -0.15) is 5.10 Å². The molecule has 1 aliphatic rings. The summed E-state index contributed by atoms with van der Waals surface area (Å²) in [5.41, 5.74) is 0.511. The first kappa shape index (κ1) is 17.5. The molecule has 1 fully saturated rings. The van der Waals surface area contributed by atoms with Crippen LogP contribution in [-0.4, -0.2) is 28.3 Å². The lowest BCUT2D eigenvalue weighted by Crippen LogP contribution is -2.44. The fourth-order valence-electron chi connectivity index (χ4n) is 3.29. The number of aromatic hydroxyl groups is 1. The third-order valence-electron chi connectivity index (χ3n) is 4.61. The van der Waals surface area contributed by atoms with E-state index in [1.165, 1.54) is 18.3 Å². The van der Waals surface area contributed by atoms with Crippen LogP contribution in [0.25, 0.3) is 0 Å². The molecule has 1 saturated heterocycles. The predicted octanol–water partition coefficient (Wildman–Crippen LogP) is 3.22. The Morgan fingerprint density at radius 2 is 1.46 bits per heavy atom. The smallest absolute Gasteiger partial charge is 0.346 e. The summed E-state index contributed by atoms with van der Waals surface area (Å²) in [6.45, 7) is 0. The molecule has 3 amide bonds. The maximum absolute atomic E-state index is 13.4. The summed E-state index contributed by atoms with van der Waals surface area (Å²) in [4.78, 5) is 26.1. The molecular weight excluding hydrogens is 354 g/mol. The highest BCUT2D eigenvalue weighted by Crippen LogP contribution is 2.36. The number of carbonyl (C=O) groups is 2. The number of urea groups is 1. The number of phenols is 1. The maximum atomic E-state index is 13.4. The Morgan fingerprint density at radius 3 is 2.04 bits per heavy atom. The summed E-state index contributed by atoms with van der Waals surface area (Å²) >= 11 is 0. The summed E-state index contributed by atoms with van der Waals surface area (Å²) < 4.78 is 0. The van der Waals surface area contributed by atoms with Crippen molar-refractivity contribution in [2.24, 2.45) is 5.10 Å². The molecule has 0 spiro atoms. The molecule has 4 rings (SSSR count). The quantitative estimate of drug-likeness (QED) is 0.546. The van der Waals surface area contributed by atoms with Crippen LogP contribution >= 0.6 is 0 Å². The average Bonchev–Trinajstić information content (AvgIpc) is 2.99. The summed E-state index contributed by atoms with van der Waals surface area (Å²) in [5, 5.41) is 17.3. The predicted molar refractivity (Wildman–Crippen MR) is 105 cm³/mol. The van der Waals surface area contributed by atoms with Gasteiger partial charge in [0, 0.05) is 0 Å². The van der Waals surface area contributed by atoms with Gasteiger partial charge in [-0.25, -0.2) is 4.79 Å². The Kier molecular flexibility index (Phi) is 4.37. The van der Waals surface area contributed by atoms with Gasteiger partial charge in [0.2, 0.25) is 0 Å². The van der Waals surface area contributed by atoms with Crippen molar-refractivity contribution in [3.05, 3.63) is 102 Å². The number of rotatable bonds is 4. The first-order valence-electron chi connectivity index (χ1n) is 8.72. The lowest BCUT2D eigenvalue weighted by Gasteiger charge is -2.27. The number of nitrogens with zero attached hydrogens (tertiary/aromatic N) is 2. The molecule has 1 aliphatic heterocycles. The largest absolute Gasteiger partial charge is 0.508 e. The number of nitrogens with one attached hydrogen (secondary N) is 1. The van der Waals surface area contributed by atoms with Gasteiger partial charge in [-0.1, -0.05) is 72.8 Å². The molecule has 138 valence electrons. The Labute approximate surface area is 161 Å². The zero-order chi connectivity index (χ0) is 19.6. The van der Waals surface area contributed by atoms with Crippen molar-refractivity contribution in [2.75, 3.05) is 0 Å². The molecule has 28 heavy (non-hydrogen) atoms. The Bertz CT molecular complexity index is 1010. The number of amides is 3. The fraction of sp³-hybridized carbons (Fsp3) is 0.0455. The van der Waals surface area contributed by atoms with E-state index in [1.807, 2.05) is 36.4 Å². The van der Waals surface area contributed by atoms with E-state index < -0.39 is 17.5 Å². The Balaban J connectivity index is 1.77. The van der Waals surface area contributed by atoms with Gasteiger partial charge in [0.05, 0.1) is 6.21 Å². The summed E-state index contributed by atoms with van der Waals surface area (Å²) in [7, 11) is 0. The van der Waals surface area contributed by atoms with Crippen LogP contribution in [0.4, 0.5) is 4.79 Å². The van der Waals surface area contributed by atoms with E-state index in [0.29, 0.717) is 16.7 Å². The highest BCUT2D eigenvalue weighted by Gasteiger charge is 2.54. The number of hydrogen-bond donors (Lipinski definition) is 2. The molecule has 1 heterocycles. The highest BCUT2D eigenvalue weighted by molar-refractivity contribution is 6.09. The third kappa shape index (κ3) is 2.91. The van der Waals surface area contributed by atoms with Crippen molar-refractivity contribution in [1.82, 2.24) is 10.3 Å². The van der Waals surface area contributed by atoms with Crippen molar-refractivity contribution in [1.29, 1.82) is 0 Å². The molecule has 0 saturated carbocycles. The number of carbonyl (C=O) groups excluding carboxylic acids is 2. The molecular formula is C22H17N3O3. The first-order valence-corrected chi connectivity index (χ1v) is 8.72. The van der Waals surface area contributed by atoms with Crippen LogP contribution in [0.5, 0.6) is 5.75 Å². The zero-order valence-electron chi connectivity index (χ0n) is 14.8. The zero-order valence-corrected chi connectivity index (χ0v) is 14.8. The second kappa shape index (κ2) is 7.00. The van der Waals surface area contributed by atoms with Crippen LogP contribution in [0, 0.1) is 0 Å². The molecule has 0 aromatic heterocycles. The molecule has 6 heteroatoms. The molecule has 6 nitrogen and oxygen atoms in total. The Hall–Kier alpha value is -3.93. The van der Waals surface area contributed by atoms with Crippen molar-refractivity contribution in [3.63, 3.8) is 0 Å². The van der Waals surface area contributed by atoms with E-state index in [9.17, 15) is 14.7 Å². The van der Waals surface area contributed by atoms with E-state index >= 15 is 0 Å². The lowest BCUT2D eigenvalue weighted by atomic mass is 9.83. The average molecular weight is 371 g/mol. The number of hydrogen-bond acceptors (Lipinski definition) is 4. The van der Waals surface area contributed by atoms with Crippen LogP contribution in [0.2, 0.25) is 0 Å². The monoisotopic (exact) mass is 371 g/mol. The molecule has 0 atom stereocenters. The molecule has 2 N–H and O–H groups in total.